The maximum atomic E-state index is 13.5. The fourth-order valence-corrected chi connectivity index (χ4v) is 3.72. The largest absolute Gasteiger partial charge is 0.357 e. The molecule has 0 aliphatic heterocycles. The SMILES string of the molecule is CC(C)c1[nH]c(-c2ccc(C#N)cc2)c(-c2ccccc2)c1C(=O)Nc1ccccc1. The van der Waals surface area contributed by atoms with Crippen molar-refractivity contribution in [1.29, 1.82) is 5.26 Å². The molecule has 1 amide bonds. The van der Waals surface area contributed by atoms with Gasteiger partial charge in [-0.1, -0.05) is 74.5 Å². The van der Waals surface area contributed by atoms with Crippen LogP contribution in [0.25, 0.3) is 22.4 Å². The van der Waals surface area contributed by atoms with Gasteiger partial charge in [0.2, 0.25) is 0 Å². The van der Waals surface area contributed by atoms with Crippen molar-refractivity contribution in [3.63, 3.8) is 0 Å². The van der Waals surface area contributed by atoms with Crippen LogP contribution in [0.2, 0.25) is 0 Å². The van der Waals surface area contributed by atoms with Gasteiger partial charge in [0.25, 0.3) is 5.91 Å². The molecule has 0 aliphatic carbocycles. The number of anilines is 1. The number of amides is 1. The third kappa shape index (κ3) is 4.12. The maximum absolute atomic E-state index is 13.5. The summed E-state index contributed by atoms with van der Waals surface area (Å²) in [7, 11) is 0. The van der Waals surface area contributed by atoms with Crippen molar-refractivity contribution < 1.29 is 4.79 Å². The summed E-state index contributed by atoms with van der Waals surface area (Å²) in [6.45, 7) is 4.14. The van der Waals surface area contributed by atoms with Crippen LogP contribution in [0, 0.1) is 11.3 Å². The van der Waals surface area contributed by atoms with E-state index >= 15 is 0 Å². The topological polar surface area (TPSA) is 68.7 Å². The van der Waals surface area contributed by atoms with Gasteiger partial charge in [-0.25, -0.2) is 0 Å². The van der Waals surface area contributed by atoms with E-state index in [1.54, 1.807) is 12.1 Å². The molecule has 0 unspecified atom stereocenters. The quantitative estimate of drug-likeness (QED) is 0.393. The highest BCUT2D eigenvalue weighted by molar-refractivity contribution is 6.12. The summed E-state index contributed by atoms with van der Waals surface area (Å²) >= 11 is 0. The minimum Gasteiger partial charge on any atom is -0.357 e. The van der Waals surface area contributed by atoms with Crippen LogP contribution in [0.3, 0.4) is 0 Å². The van der Waals surface area contributed by atoms with E-state index in [9.17, 15) is 4.79 Å². The number of benzene rings is 3. The first kappa shape index (κ1) is 20.2. The summed E-state index contributed by atoms with van der Waals surface area (Å²) in [5.74, 6) is -0.0315. The Bertz CT molecular complexity index is 1230. The molecule has 4 rings (SSSR count). The second kappa shape index (κ2) is 8.73. The molecule has 2 N–H and O–H groups in total. The molecule has 0 saturated carbocycles. The number of nitrogens with zero attached hydrogens (tertiary/aromatic N) is 1. The highest BCUT2D eigenvalue weighted by Gasteiger charge is 2.26. The van der Waals surface area contributed by atoms with Crippen LogP contribution in [-0.4, -0.2) is 10.9 Å². The molecule has 4 nitrogen and oxygen atoms in total. The number of carbonyl (C=O) groups is 1. The van der Waals surface area contributed by atoms with Crippen LogP contribution in [0.5, 0.6) is 0 Å². The average molecular weight is 406 g/mol. The lowest BCUT2D eigenvalue weighted by Gasteiger charge is -2.12. The molecule has 0 bridgehead atoms. The standard InChI is InChI=1S/C27H23N3O/c1-18(2)25-24(27(31)29-22-11-7-4-8-12-22)23(20-9-5-3-6-10-20)26(30-25)21-15-13-19(17-28)14-16-21/h3-16,18,30H,1-2H3,(H,29,31). The van der Waals surface area contributed by atoms with Gasteiger partial charge >= 0.3 is 0 Å². The first-order valence-corrected chi connectivity index (χ1v) is 10.3. The van der Waals surface area contributed by atoms with Crippen LogP contribution in [-0.2, 0) is 0 Å². The Morgan fingerprint density at radius 1 is 0.871 bits per heavy atom. The molecule has 4 heteroatoms. The zero-order chi connectivity index (χ0) is 21.8. The molecule has 1 aromatic heterocycles. The molecule has 3 aromatic carbocycles. The molecule has 0 saturated heterocycles. The summed E-state index contributed by atoms with van der Waals surface area (Å²) in [5.41, 5.74) is 6.50. The number of carbonyl (C=O) groups excluding carboxylic acids is 1. The van der Waals surface area contributed by atoms with Gasteiger partial charge in [-0.05, 0) is 41.3 Å². The van der Waals surface area contributed by atoms with Gasteiger partial charge in [0.1, 0.15) is 0 Å². The molecular weight excluding hydrogens is 382 g/mol. The summed E-state index contributed by atoms with van der Waals surface area (Å²) in [4.78, 5) is 17.0. The monoisotopic (exact) mass is 405 g/mol. The summed E-state index contributed by atoms with van der Waals surface area (Å²) in [6, 6.07) is 29.0. The molecule has 0 spiro atoms. The Morgan fingerprint density at radius 3 is 2.06 bits per heavy atom. The lowest BCUT2D eigenvalue weighted by Crippen LogP contribution is -2.14. The molecule has 31 heavy (non-hydrogen) atoms. The zero-order valence-electron chi connectivity index (χ0n) is 17.5. The Morgan fingerprint density at radius 2 is 1.48 bits per heavy atom. The normalized spacial score (nSPS) is 10.6. The number of para-hydroxylation sites is 1. The van der Waals surface area contributed by atoms with Crippen molar-refractivity contribution in [3.8, 4) is 28.5 Å². The highest BCUT2D eigenvalue weighted by atomic mass is 16.1. The van der Waals surface area contributed by atoms with Crippen LogP contribution in [0.4, 0.5) is 5.69 Å². The Hall–Kier alpha value is -4.10. The molecular formula is C27H23N3O. The minimum absolute atomic E-state index is 0.117. The first-order chi connectivity index (χ1) is 15.1. The fourth-order valence-electron chi connectivity index (χ4n) is 3.72. The number of hydrogen-bond acceptors (Lipinski definition) is 2. The second-order valence-electron chi connectivity index (χ2n) is 7.69. The van der Waals surface area contributed by atoms with E-state index < -0.39 is 0 Å². The summed E-state index contributed by atoms with van der Waals surface area (Å²) in [5, 5.41) is 12.2. The first-order valence-electron chi connectivity index (χ1n) is 10.3. The van der Waals surface area contributed by atoms with E-state index in [0.717, 1.165) is 33.8 Å². The molecule has 0 radical (unpaired) electrons. The molecule has 1 heterocycles. The smallest absolute Gasteiger partial charge is 0.258 e. The van der Waals surface area contributed by atoms with E-state index in [4.69, 9.17) is 5.26 Å². The second-order valence-corrected chi connectivity index (χ2v) is 7.69. The van der Waals surface area contributed by atoms with Crippen molar-refractivity contribution in [1.82, 2.24) is 4.98 Å². The molecule has 0 aliphatic rings. The van der Waals surface area contributed by atoms with E-state index in [0.29, 0.717) is 11.1 Å². The fraction of sp³-hybridized carbons (Fsp3) is 0.111. The lowest BCUT2D eigenvalue weighted by molar-refractivity contribution is 0.102. The van der Waals surface area contributed by atoms with Crippen molar-refractivity contribution in [2.75, 3.05) is 5.32 Å². The third-order valence-electron chi connectivity index (χ3n) is 5.23. The van der Waals surface area contributed by atoms with Crippen molar-refractivity contribution in [2.24, 2.45) is 0 Å². The number of aromatic nitrogens is 1. The van der Waals surface area contributed by atoms with E-state index in [1.165, 1.54) is 0 Å². The molecule has 0 fully saturated rings. The van der Waals surface area contributed by atoms with Gasteiger partial charge in [-0.15, -0.1) is 0 Å². The number of hydrogen-bond donors (Lipinski definition) is 2. The van der Waals surface area contributed by atoms with Crippen LogP contribution >= 0.6 is 0 Å². The maximum Gasteiger partial charge on any atom is 0.258 e. The van der Waals surface area contributed by atoms with Gasteiger partial charge in [0.15, 0.2) is 0 Å². The predicted molar refractivity (Wildman–Crippen MR) is 125 cm³/mol. The minimum atomic E-state index is -0.148. The molecule has 0 atom stereocenters. The Labute approximate surface area is 182 Å². The lowest BCUT2D eigenvalue weighted by atomic mass is 9.94. The van der Waals surface area contributed by atoms with Gasteiger partial charge < -0.3 is 10.3 Å². The van der Waals surface area contributed by atoms with Crippen LogP contribution in [0.1, 0.15) is 41.4 Å². The van der Waals surface area contributed by atoms with Gasteiger partial charge in [-0.2, -0.15) is 5.26 Å². The van der Waals surface area contributed by atoms with Crippen LogP contribution < -0.4 is 5.32 Å². The summed E-state index contributed by atoms with van der Waals surface area (Å²) < 4.78 is 0. The van der Waals surface area contributed by atoms with Crippen LogP contribution in [0.15, 0.2) is 84.9 Å². The average Bonchev–Trinajstić information content (AvgIpc) is 3.21. The number of nitriles is 1. The zero-order valence-corrected chi connectivity index (χ0v) is 17.5. The highest BCUT2D eigenvalue weighted by Crippen LogP contribution is 2.39. The Kier molecular flexibility index (Phi) is 5.68. The molecule has 152 valence electrons. The van der Waals surface area contributed by atoms with Gasteiger partial charge in [0, 0.05) is 16.9 Å². The van der Waals surface area contributed by atoms with Crippen molar-refractivity contribution >= 4 is 11.6 Å². The number of rotatable bonds is 5. The number of H-pyrrole nitrogens is 1. The number of aromatic amines is 1. The third-order valence-corrected chi connectivity index (χ3v) is 5.23. The van der Waals surface area contributed by atoms with Crippen molar-refractivity contribution in [2.45, 2.75) is 19.8 Å². The van der Waals surface area contributed by atoms with E-state index in [2.05, 4.69) is 30.2 Å². The van der Waals surface area contributed by atoms with Gasteiger partial charge in [-0.3, -0.25) is 4.79 Å². The van der Waals surface area contributed by atoms with E-state index in [-0.39, 0.29) is 11.8 Å². The van der Waals surface area contributed by atoms with E-state index in [1.807, 2.05) is 72.8 Å². The van der Waals surface area contributed by atoms with Crippen molar-refractivity contribution in [3.05, 3.63) is 102 Å². The Balaban J connectivity index is 1.92. The predicted octanol–water partition coefficient (Wildman–Crippen LogP) is 6.60. The van der Waals surface area contributed by atoms with Gasteiger partial charge in [0.05, 0.1) is 22.9 Å². The number of nitrogens with one attached hydrogen (secondary N) is 2. The molecule has 4 aromatic rings. The summed E-state index contributed by atoms with van der Waals surface area (Å²) in [6.07, 6.45) is 0.